The van der Waals surface area contributed by atoms with Crippen LogP contribution in [0, 0.1) is 0 Å². The van der Waals surface area contributed by atoms with Crippen LogP contribution in [0.4, 0.5) is 0 Å². The van der Waals surface area contributed by atoms with Gasteiger partial charge in [0.1, 0.15) is 0 Å². The van der Waals surface area contributed by atoms with Crippen LogP contribution in [0.25, 0.3) is 10.9 Å². The van der Waals surface area contributed by atoms with E-state index in [2.05, 4.69) is 46.0 Å². The molecule has 0 spiro atoms. The summed E-state index contributed by atoms with van der Waals surface area (Å²) in [7, 11) is -1.61. The van der Waals surface area contributed by atoms with E-state index in [4.69, 9.17) is 5.14 Å². The molecule has 6 nitrogen and oxygen atoms in total. The van der Waals surface area contributed by atoms with E-state index >= 15 is 0 Å². The van der Waals surface area contributed by atoms with E-state index in [1.807, 2.05) is 0 Å². The normalized spacial score (nSPS) is 28.7. The Bertz CT molecular complexity index is 829. The maximum Gasteiger partial charge on any atom is 0.274 e. The Morgan fingerprint density at radius 2 is 2.23 bits per heavy atom. The van der Waals surface area contributed by atoms with Crippen molar-refractivity contribution in [3.8, 4) is 0 Å². The fourth-order valence-corrected chi connectivity index (χ4v) is 4.89. The lowest BCUT2D eigenvalue weighted by Crippen LogP contribution is -2.55. The topological polar surface area (TPSA) is 91.2 Å². The van der Waals surface area contributed by atoms with Gasteiger partial charge in [0, 0.05) is 41.6 Å². The minimum Gasteiger partial charge on any atom is -0.361 e. The van der Waals surface area contributed by atoms with Gasteiger partial charge in [-0.1, -0.05) is 12.1 Å². The first-order valence-electron chi connectivity index (χ1n) is 7.51. The fraction of sp³-hybridized carbons (Fsp3) is 0.467. The first kappa shape index (κ1) is 14.2. The molecule has 1 aromatic carbocycles. The summed E-state index contributed by atoms with van der Waals surface area (Å²) in [5.74, 6) is 0.324. The molecule has 2 aliphatic rings. The SMILES string of the molecule is CN1C[C@@H](NS(N)(=O)=O)C[C@@H]2c3cccc4[nH]cc(c34)C[C@H]21. The number of nitrogens with two attached hydrogens (primary N) is 1. The first-order chi connectivity index (χ1) is 10.4. The number of hydrogen-bond donors (Lipinski definition) is 3. The number of benzene rings is 1. The molecule has 2 aromatic rings. The highest BCUT2D eigenvalue weighted by molar-refractivity contribution is 7.87. The first-order valence-corrected chi connectivity index (χ1v) is 9.06. The van der Waals surface area contributed by atoms with Crippen LogP contribution in [0.5, 0.6) is 0 Å². The minimum absolute atomic E-state index is 0.142. The summed E-state index contributed by atoms with van der Waals surface area (Å²) in [4.78, 5) is 5.60. The second kappa shape index (κ2) is 4.79. The lowest BCUT2D eigenvalue weighted by molar-refractivity contribution is 0.135. The highest BCUT2D eigenvalue weighted by Crippen LogP contribution is 2.42. The number of fused-ring (bicyclic) bond motifs is 2. The van der Waals surface area contributed by atoms with Crippen molar-refractivity contribution in [2.45, 2.75) is 30.8 Å². The molecule has 118 valence electrons. The molecule has 1 saturated heterocycles. The van der Waals surface area contributed by atoms with Gasteiger partial charge in [0.05, 0.1) is 0 Å². The monoisotopic (exact) mass is 320 g/mol. The van der Waals surface area contributed by atoms with Crippen molar-refractivity contribution in [3.63, 3.8) is 0 Å². The zero-order chi connectivity index (χ0) is 15.5. The molecule has 4 N–H and O–H groups in total. The Kier molecular flexibility index (Phi) is 3.09. The molecule has 7 heteroatoms. The molecule has 1 aliphatic carbocycles. The van der Waals surface area contributed by atoms with Gasteiger partial charge in [-0.2, -0.15) is 13.1 Å². The molecular formula is C15H20N4O2S. The molecule has 1 aromatic heterocycles. The number of nitrogens with one attached hydrogen (secondary N) is 2. The average Bonchev–Trinajstić information content (AvgIpc) is 2.83. The van der Waals surface area contributed by atoms with E-state index in [0.717, 1.165) is 18.4 Å². The summed E-state index contributed by atoms with van der Waals surface area (Å²) in [6, 6.07) is 6.60. The largest absolute Gasteiger partial charge is 0.361 e. The van der Waals surface area contributed by atoms with Crippen molar-refractivity contribution < 1.29 is 8.42 Å². The van der Waals surface area contributed by atoms with E-state index in [-0.39, 0.29) is 6.04 Å². The van der Waals surface area contributed by atoms with Gasteiger partial charge in [0.25, 0.3) is 10.2 Å². The molecule has 0 saturated carbocycles. The summed E-state index contributed by atoms with van der Waals surface area (Å²) in [6.45, 7) is 0.688. The third-order valence-electron chi connectivity index (χ3n) is 5.06. The van der Waals surface area contributed by atoms with Crippen LogP contribution < -0.4 is 9.86 Å². The number of aromatic amines is 1. The van der Waals surface area contributed by atoms with Crippen LogP contribution in [-0.4, -0.2) is 44.0 Å². The average molecular weight is 320 g/mol. The van der Waals surface area contributed by atoms with E-state index in [1.54, 1.807) is 0 Å². The molecule has 0 radical (unpaired) electrons. The van der Waals surface area contributed by atoms with Gasteiger partial charge in [0.2, 0.25) is 0 Å². The van der Waals surface area contributed by atoms with Gasteiger partial charge in [-0.3, -0.25) is 0 Å². The van der Waals surface area contributed by atoms with Gasteiger partial charge in [0.15, 0.2) is 0 Å². The van der Waals surface area contributed by atoms with Crippen molar-refractivity contribution in [1.82, 2.24) is 14.6 Å². The number of rotatable bonds is 2. The van der Waals surface area contributed by atoms with Crippen LogP contribution in [0.15, 0.2) is 24.4 Å². The van der Waals surface area contributed by atoms with Crippen molar-refractivity contribution in [1.29, 1.82) is 0 Å². The lowest BCUT2D eigenvalue weighted by Gasteiger charge is -2.45. The van der Waals surface area contributed by atoms with Crippen LogP contribution >= 0.6 is 0 Å². The Labute approximate surface area is 129 Å². The second-order valence-corrected chi connectivity index (χ2v) is 7.82. The van der Waals surface area contributed by atoms with Crippen LogP contribution in [0.3, 0.4) is 0 Å². The third-order valence-corrected chi connectivity index (χ3v) is 5.72. The van der Waals surface area contributed by atoms with E-state index in [0.29, 0.717) is 18.5 Å². The summed E-state index contributed by atoms with van der Waals surface area (Å²) in [6.07, 6.45) is 3.89. The van der Waals surface area contributed by atoms with Gasteiger partial charge in [-0.05, 0) is 37.1 Å². The maximum atomic E-state index is 11.4. The van der Waals surface area contributed by atoms with Crippen molar-refractivity contribution >= 4 is 21.1 Å². The third kappa shape index (κ3) is 2.25. The molecule has 3 atom stereocenters. The zero-order valence-corrected chi connectivity index (χ0v) is 13.2. The van der Waals surface area contributed by atoms with Gasteiger partial charge >= 0.3 is 0 Å². The van der Waals surface area contributed by atoms with Crippen LogP contribution in [0.1, 0.15) is 23.5 Å². The molecule has 0 amide bonds. The lowest BCUT2D eigenvalue weighted by atomic mass is 9.74. The molecule has 4 rings (SSSR count). The highest BCUT2D eigenvalue weighted by Gasteiger charge is 2.39. The van der Waals surface area contributed by atoms with Gasteiger partial charge in [-0.15, -0.1) is 0 Å². The number of aromatic nitrogens is 1. The van der Waals surface area contributed by atoms with Crippen molar-refractivity contribution in [2.75, 3.05) is 13.6 Å². The smallest absolute Gasteiger partial charge is 0.274 e. The summed E-state index contributed by atoms with van der Waals surface area (Å²) in [5.41, 5.74) is 3.84. The Morgan fingerprint density at radius 3 is 3.00 bits per heavy atom. The van der Waals surface area contributed by atoms with E-state index in [9.17, 15) is 8.42 Å². The van der Waals surface area contributed by atoms with Crippen LogP contribution in [0.2, 0.25) is 0 Å². The Morgan fingerprint density at radius 1 is 1.41 bits per heavy atom. The maximum absolute atomic E-state index is 11.4. The van der Waals surface area contributed by atoms with E-state index < -0.39 is 10.2 Å². The molecule has 0 unspecified atom stereocenters. The quantitative estimate of drug-likeness (QED) is 0.759. The summed E-state index contributed by atoms with van der Waals surface area (Å²) >= 11 is 0. The number of hydrogen-bond acceptors (Lipinski definition) is 3. The molecule has 2 heterocycles. The molecule has 1 aliphatic heterocycles. The predicted molar refractivity (Wildman–Crippen MR) is 85.8 cm³/mol. The number of likely N-dealkylation sites (tertiary alicyclic amines) is 1. The fourth-order valence-electron chi connectivity index (χ4n) is 4.26. The van der Waals surface area contributed by atoms with Gasteiger partial charge < -0.3 is 9.88 Å². The Hall–Kier alpha value is -1.41. The number of piperidine rings is 1. The van der Waals surface area contributed by atoms with Gasteiger partial charge in [-0.25, -0.2) is 5.14 Å². The number of H-pyrrole nitrogens is 1. The van der Waals surface area contributed by atoms with Crippen molar-refractivity contribution in [3.05, 3.63) is 35.5 Å². The predicted octanol–water partition coefficient (Wildman–Crippen LogP) is 0.673. The van der Waals surface area contributed by atoms with Crippen molar-refractivity contribution in [2.24, 2.45) is 5.14 Å². The standard InChI is InChI=1S/C15H20N4O2S/c1-19-8-10(18-22(16,20)21)6-12-11-3-2-4-13-15(11)9(7-17-13)5-14(12)19/h2-4,7,10,12,14,17-18H,5-6,8H2,1H3,(H2,16,20,21)/t10-,12+,14+/m0/s1. The molecular weight excluding hydrogens is 300 g/mol. The molecule has 0 bridgehead atoms. The van der Waals surface area contributed by atoms with Crippen LogP contribution in [-0.2, 0) is 16.6 Å². The van der Waals surface area contributed by atoms with E-state index in [1.165, 1.54) is 16.5 Å². The minimum atomic E-state index is -3.67. The Balaban J connectivity index is 1.75. The summed E-state index contributed by atoms with van der Waals surface area (Å²) < 4.78 is 25.3. The highest BCUT2D eigenvalue weighted by atomic mass is 32.2. The number of likely N-dealkylation sites (N-methyl/N-ethyl adjacent to an activating group) is 1. The second-order valence-electron chi connectivity index (χ2n) is 6.50. The molecule has 1 fully saturated rings. The molecule has 22 heavy (non-hydrogen) atoms. The zero-order valence-electron chi connectivity index (χ0n) is 12.4. The number of nitrogens with zero attached hydrogens (tertiary/aromatic N) is 1. The summed E-state index contributed by atoms with van der Waals surface area (Å²) in [5, 5.41) is 6.47.